The number of carbonyl (C=O) groups excluding carboxylic acids is 1. The molecule has 0 aromatic carbocycles. The molecule has 2 heterocycles. The Kier molecular flexibility index (Phi) is 9.20. The minimum Gasteiger partial charge on any atom is -0.342 e. The van der Waals surface area contributed by atoms with Crippen molar-refractivity contribution >= 4 is 30.7 Å². The van der Waals surface area contributed by atoms with Gasteiger partial charge in [-0.25, -0.2) is 0 Å². The first-order chi connectivity index (χ1) is 10.3. The summed E-state index contributed by atoms with van der Waals surface area (Å²) >= 11 is 0. The maximum Gasteiger partial charge on any atom is 0.226 e. The van der Waals surface area contributed by atoms with Gasteiger partial charge in [-0.15, -0.1) is 24.8 Å². The highest BCUT2D eigenvalue weighted by molar-refractivity contribution is 5.85. The largest absolute Gasteiger partial charge is 0.342 e. The van der Waals surface area contributed by atoms with Crippen LogP contribution in [-0.4, -0.2) is 55.0 Å². The molecule has 3 rings (SSSR count). The highest BCUT2D eigenvalue weighted by Crippen LogP contribution is 2.33. The molecule has 0 radical (unpaired) electrons. The molecular weight excluding hydrogens is 333 g/mol. The molecule has 3 fully saturated rings. The van der Waals surface area contributed by atoms with Crippen LogP contribution >= 0.6 is 24.8 Å². The number of piperidine rings is 1. The van der Waals surface area contributed by atoms with E-state index in [4.69, 9.17) is 5.73 Å². The summed E-state index contributed by atoms with van der Waals surface area (Å²) in [7, 11) is 0. The van der Waals surface area contributed by atoms with E-state index < -0.39 is 0 Å². The van der Waals surface area contributed by atoms with E-state index in [1.807, 2.05) is 0 Å². The highest BCUT2D eigenvalue weighted by atomic mass is 35.5. The fourth-order valence-electron chi connectivity index (χ4n) is 4.57. The van der Waals surface area contributed by atoms with E-state index in [1.54, 1.807) is 0 Å². The number of amides is 1. The van der Waals surface area contributed by atoms with E-state index >= 15 is 0 Å². The molecule has 6 heteroatoms. The average molecular weight is 366 g/mol. The molecule has 3 atom stereocenters. The van der Waals surface area contributed by atoms with Gasteiger partial charge in [0, 0.05) is 25.6 Å². The van der Waals surface area contributed by atoms with Gasteiger partial charge in [-0.05, 0) is 63.6 Å². The molecule has 23 heavy (non-hydrogen) atoms. The summed E-state index contributed by atoms with van der Waals surface area (Å²) in [6.45, 7) is 6.38. The minimum absolute atomic E-state index is 0. The van der Waals surface area contributed by atoms with Crippen molar-refractivity contribution in [2.45, 2.75) is 44.9 Å². The van der Waals surface area contributed by atoms with E-state index in [2.05, 4.69) is 9.80 Å². The normalized spacial score (nSPS) is 31.5. The lowest BCUT2D eigenvalue weighted by atomic mass is 9.95. The molecule has 1 amide bonds. The first kappa shape index (κ1) is 21.0. The Morgan fingerprint density at radius 2 is 1.70 bits per heavy atom. The van der Waals surface area contributed by atoms with Crippen molar-refractivity contribution in [1.29, 1.82) is 0 Å². The first-order valence-corrected chi connectivity index (χ1v) is 8.99. The summed E-state index contributed by atoms with van der Waals surface area (Å²) in [5.74, 6) is 1.77. The molecule has 0 aromatic rings. The van der Waals surface area contributed by atoms with E-state index in [0.717, 1.165) is 25.9 Å². The zero-order chi connectivity index (χ0) is 14.7. The van der Waals surface area contributed by atoms with E-state index in [0.29, 0.717) is 24.3 Å². The SMILES string of the molecule is Cl.Cl.NC[C@H]1CCC[C@H]1C(=O)N1CCC(CN2CCCCC2)C1. The van der Waals surface area contributed by atoms with Gasteiger partial charge in [0.15, 0.2) is 0 Å². The van der Waals surface area contributed by atoms with Crippen LogP contribution in [0.4, 0.5) is 0 Å². The second-order valence-electron chi connectivity index (χ2n) is 7.33. The lowest BCUT2D eigenvalue weighted by Gasteiger charge is -2.29. The Balaban J connectivity index is 0.00000132. The third-order valence-electron chi connectivity index (χ3n) is 5.84. The number of nitrogens with zero attached hydrogens (tertiary/aromatic N) is 2. The number of hydrogen-bond donors (Lipinski definition) is 1. The van der Waals surface area contributed by atoms with Crippen molar-refractivity contribution in [3.05, 3.63) is 0 Å². The molecule has 3 aliphatic rings. The molecule has 2 saturated heterocycles. The van der Waals surface area contributed by atoms with Crippen molar-refractivity contribution in [2.24, 2.45) is 23.5 Å². The monoisotopic (exact) mass is 365 g/mol. The molecule has 1 aliphatic carbocycles. The molecule has 2 aliphatic heterocycles. The number of rotatable bonds is 4. The van der Waals surface area contributed by atoms with Crippen LogP contribution < -0.4 is 5.73 Å². The van der Waals surface area contributed by atoms with Gasteiger partial charge in [-0.1, -0.05) is 12.8 Å². The fraction of sp³-hybridized carbons (Fsp3) is 0.941. The van der Waals surface area contributed by atoms with Crippen LogP contribution in [0.1, 0.15) is 44.9 Å². The van der Waals surface area contributed by atoms with Crippen molar-refractivity contribution in [3.8, 4) is 0 Å². The van der Waals surface area contributed by atoms with Gasteiger partial charge in [0.1, 0.15) is 0 Å². The van der Waals surface area contributed by atoms with E-state index in [-0.39, 0.29) is 30.7 Å². The number of likely N-dealkylation sites (tertiary alicyclic amines) is 2. The van der Waals surface area contributed by atoms with Crippen LogP contribution in [0.15, 0.2) is 0 Å². The van der Waals surface area contributed by atoms with Gasteiger partial charge >= 0.3 is 0 Å². The number of halogens is 2. The lowest BCUT2D eigenvalue weighted by molar-refractivity contribution is -0.135. The predicted molar refractivity (Wildman–Crippen MR) is 99.4 cm³/mol. The van der Waals surface area contributed by atoms with Crippen LogP contribution in [-0.2, 0) is 4.79 Å². The van der Waals surface area contributed by atoms with Crippen LogP contribution in [0.25, 0.3) is 0 Å². The Hall–Kier alpha value is -0.0300. The second-order valence-corrected chi connectivity index (χ2v) is 7.33. The molecule has 2 N–H and O–H groups in total. The zero-order valence-electron chi connectivity index (χ0n) is 14.1. The van der Waals surface area contributed by atoms with Gasteiger partial charge in [0.25, 0.3) is 0 Å². The van der Waals surface area contributed by atoms with Gasteiger partial charge in [-0.2, -0.15) is 0 Å². The van der Waals surface area contributed by atoms with Crippen molar-refractivity contribution in [3.63, 3.8) is 0 Å². The van der Waals surface area contributed by atoms with E-state index in [9.17, 15) is 4.79 Å². The zero-order valence-corrected chi connectivity index (χ0v) is 15.8. The molecule has 136 valence electrons. The van der Waals surface area contributed by atoms with Gasteiger partial charge in [0.05, 0.1) is 0 Å². The standard InChI is InChI=1S/C17H31N3O.2ClH/c18-11-15-5-4-6-16(15)17(21)20-10-7-14(13-20)12-19-8-2-1-3-9-19;;/h14-16H,1-13,18H2;2*1H/t14?,15-,16-;;/m1../s1. The average Bonchev–Trinajstić information content (AvgIpc) is 3.16. The molecular formula is C17H33Cl2N3O. The molecule has 1 saturated carbocycles. The van der Waals surface area contributed by atoms with Crippen LogP contribution in [0, 0.1) is 17.8 Å². The van der Waals surface area contributed by atoms with Crippen LogP contribution in [0.5, 0.6) is 0 Å². The Morgan fingerprint density at radius 1 is 0.957 bits per heavy atom. The lowest BCUT2D eigenvalue weighted by Crippen LogP contribution is -2.39. The summed E-state index contributed by atoms with van der Waals surface area (Å²) in [5.41, 5.74) is 5.83. The van der Waals surface area contributed by atoms with Gasteiger partial charge < -0.3 is 15.5 Å². The minimum atomic E-state index is 0. The quantitative estimate of drug-likeness (QED) is 0.832. The van der Waals surface area contributed by atoms with E-state index in [1.165, 1.54) is 51.7 Å². The Bertz CT molecular complexity index is 364. The maximum absolute atomic E-state index is 12.7. The number of nitrogens with two attached hydrogens (primary N) is 1. The molecule has 0 spiro atoms. The summed E-state index contributed by atoms with van der Waals surface area (Å²) in [6.07, 6.45) is 8.71. The number of hydrogen-bond acceptors (Lipinski definition) is 3. The summed E-state index contributed by atoms with van der Waals surface area (Å²) in [5, 5.41) is 0. The van der Waals surface area contributed by atoms with Gasteiger partial charge in [0.2, 0.25) is 5.91 Å². The van der Waals surface area contributed by atoms with Crippen molar-refractivity contribution < 1.29 is 4.79 Å². The second kappa shape index (κ2) is 10.1. The molecule has 0 bridgehead atoms. The predicted octanol–water partition coefficient (Wildman–Crippen LogP) is 2.54. The Labute approximate surface area is 153 Å². The summed E-state index contributed by atoms with van der Waals surface area (Å²) in [4.78, 5) is 17.5. The van der Waals surface area contributed by atoms with Crippen LogP contribution in [0.2, 0.25) is 0 Å². The third kappa shape index (κ3) is 5.22. The fourth-order valence-corrected chi connectivity index (χ4v) is 4.57. The smallest absolute Gasteiger partial charge is 0.226 e. The summed E-state index contributed by atoms with van der Waals surface area (Å²) in [6, 6.07) is 0. The summed E-state index contributed by atoms with van der Waals surface area (Å²) < 4.78 is 0. The molecule has 1 unspecified atom stereocenters. The molecule has 4 nitrogen and oxygen atoms in total. The number of carbonyl (C=O) groups is 1. The topological polar surface area (TPSA) is 49.6 Å². The van der Waals surface area contributed by atoms with Crippen molar-refractivity contribution in [1.82, 2.24) is 9.80 Å². The first-order valence-electron chi connectivity index (χ1n) is 8.99. The van der Waals surface area contributed by atoms with Crippen LogP contribution in [0.3, 0.4) is 0 Å². The highest BCUT2D eigenvalue weighted by Gasteiger charge is 2.37. The van der Waals surface area contributed by atoms with Crippen molar-refractivity contribution in [2.75, 3.05) is 39.3 Å². The Morgan fingerprint density at radius 3 is 2.39 bits per heavy atom. The molecule has 0 aromatic heterocycles. The maximum atomic E-state index is 12.7. The van der Waals surface area contributed by atoms with Gasteiger partial charge in [-0.3, -0.25) is 4.79 Å². The third-order valence-corrected chi connectivity index (χ3v) is 5.84.